The van der Waals surface area contributed by atoms with Crippen LogP contribution >= 0.6 is 0 Å². The summed E-state index contributed by atoms with van der Waals surface area (Å²) in [5, 5.41) is 6.62. The average molecular weight is 295 g/mol. The Morgan fingerprint density at radius 1 is 1.29 bits per heavy atom. The Morgan fingerprint density at radius 3 is 2.52 bits per heavy atom. The largest absolute Gasteiger partial charge is 0.369 e. The van der Waals surface area contributed by atoms with Gasteiger partial charge in [-0.2, -0.15) is 0 Å². The van der Waals surface area contributed by atoms with E-state index in [2.05, 4.69) is 17.6 Å². The number of primary amides is 1. The summed E-state index contributed by atoms with van der Waals surface area (Å²) in [4.78, 5) is 23.9. The highest BCUT2D eigenvalue weighted by molar-refractivity contribution is 5.83. The molecule has 2 rings (SSSR count). The summed E-state index contributed by atoms with van der Waals surface area (Å²) in [6.07, 6.45) is 7.38. The van der Waals surface area contributed by atoms with Gasteiger partial charge in [-0.1, -0.05) is 13.3 Å². The van der Waals surface area contributed by atoms with Gasteiger partial charge in [0.25, 0.3) is 0 Å². The van der Waals surface area contributed by atoms with Crippen molar-refractivity contribution in [2.75, 3.05) is 13.1 Å². The van der Waals surface area contributed by atoms with Crippen LogP contribution in [0.15, 0.2) is 0 Å². The van der Waals surface area contributed by atoms with Gasteiger partial charge in [-0.3, -0.25) is 9.59 Å². The van der Waals surface area contributed by atoms with E-state index in [1.165, 1.54) is 0 Å². The monoisotopic (exact) mass is 295 g/mol. The topological polar surface area (TPSA) is 84.2 Å². The van der Waals surface area contributed by atoms with Crippen molar-refractivity contribution >= 4 is 11.8 Å². The Morgan fingerprint density at radius 2 is 2.00 bits per heavy atom. The molecule has 2 fully saturated rings. The van der Waals surface area contributed by atoms with Crippen LogP contribution in [0.5, 0.6) is 0 Å². The molecule has 2 aliphatic rings. The molecular formula is C16H29N3O2. The first-order chi connectivity index (χ1) is 10.1. The number of piperidine rings is 1. The zero-order valence-electron chi connectivity index (χ0n) is 13.1. The zero-order valence-corrected chi connectivity index (χ0v) is 13.1. The van der Waals surface area contributed by atoms with Gasteiger partial charge in [0, 0.05) is 18.5 Å². The summed E-state index contributed by atoms with van der Waals surface area (Å²) in [5.74, 6) is 0.0110. The highest BCUT2D eigenvalue weighted by Crippen LogP contribution is 2.33. The van der Waals surface area contributed by atoms with Crippen LogP contribution < -0.4 is 16.4 Å². The Balaban J connectivity index is 1.89. The minimum atomic E-state index is -0.229. The predicted octanol–water partition coefficient (Wildman–Crippen LogP) is 1.32. The fourth-order valence-corrected chi connectivity index (χ4v) is 3.83. The molecule has 0 bridgehead atoms. The normalized spacial score (nSPS) is 33.4. The summed E-state index contributed by atoms with van der Waals surface area (Å²) < 4.78 is 0. The molecule has 1 heterocycles. The molecule has 0 spiro atoms. The maximum Gasteiger partial charge on any atom is 0.227 e. The fraction of sp³-hybridized carbons (Fsp3) is 0.875. The van der Waals surface area contributed by atoms with Gasteiger partial charge in [0.1, 0.15) is 0 Å². The molecule has 21 heavy (non-hydrogen) atoms. The molecule has 5 heteroatoms. The van der Waals surface area contributed by atoms with Crippen molar-refractivity contribution in [3.05, 3.63) is 0 Å². The molecule has 120 valence electrons. The van der Waals surface area contributed by atoms with Crippen molar-refractivity contribution in [3.63, 3.8) is 0 Å². The lowest BCUT2D eigenvalue weighted by molar-refractivity contribution is -0.133. The minimum Gasteiger partial charge on any atom is -0.369 e. The van der Waals surface area contributed by atoms with E-state index in [-0.39, 0.29) is 29.2 Å². The van der Waals surface area contributed by atoms with Crippen LogP contribution in [-0.4, -0.2) is 30.9 Å². The number of nitrogens with one attached hydrogen (secondary N) is 2. The molecule has 0 aromatic carbocycles. The van der Waals surface area contributed by atoms with E-state index in [1.807, 2.05) is 0 Å². The van der Waals surface area contributed by atoms with Crippen LogP contribution in [0.4, 0.5) is 0 Å². The van der Waals surface area contributed by atoms with Gasteiger partial charge in [-0.25, -0.2) is 0 Å². The minimum absolute atomic E-state index is 0.000832. The Labute approximate surface area is 127 Å². The quantitative estimate of drug-likeness (QED) is 0.715. The lowest BCUT2D eigenvalue weighted by Gasteiger charge is -2.38. The van der Waals surface area contributed by atoms with E-state index in [9.17, 15) is 9.59 Å². The van der Waals surface area contributed by atoms with Crippen molar-refractivity contribution < 1.29 is 9.59 Å². The van der Waals surface area contributed by atoms with Crippen LogP contribution in [0.1, 0.15) is 58.3 Å². The molecule has 1 saturated carbocycles. The Kier molecular flexibility index (Phi) is 5.62. The molecule has 4 N–H and O–H groups in total. The number of hydrogen-bond donors (Lipinski definition) is 3. The summed E-state index contributed by atoms with van der Waals surface area (Å²) in [6, 6.07) is 0.212. The molecule has 5 nitrogen and oxygen atoms in total. The van der Waals surface area contributed by atoms with Crippen LogP contribution in [-0.2, 0) is 9.59 Å². The second kappa shape index (κ2) is 7.25. The zero-order chi connectivity index (χ0) is 15.3. The van der Waals surface area contributed by atoms with Crippen LogP contribution in [0.3, 0.4) is 0 Å². The number of nitrogens with two attached hydrogens (primary N) is 1. The summed E-state index contributed by atoms with van der Waals surface area (Å²) in [5.41, 5.74) is 5.13. The smallest absolute Gasteiger partial charge is 0.227 e. The Bertz CT molecular complexity index is 364. The molecule has 1 aliphatic heterocycles. The number of amides is 2. The number of hydrogen-bond acceptors (Lipinski definition) is 3. The second-order valence-electron chi connectivity index (χ2n) is 6.74. The number of rotatable bonds is 5. The molecule has 2 amide bonds. The van der Waals surface area contributed by atoms with Crippen molar-refractivity contribution in [1.82, 2.24) is 10.6 Å². The molecule has 0 aromatic rings. The molecule has 1 saturated heterocycles. The first-order valence-corrected chi connectivity index (χ1v) is 8.38. The van der Waals surface area contributed by atoms with Gasteiger partial charge in [0.15, 0.2) is 0 Å². The predicted molar refractivity (Wildman–Crippen MR) is 82.5 cm³/mol. The van der Waals surface area contributed by atoms with E-state index < -0.39 is 0 Å². The van der Waals surface area contributed by atoms with Gasteiger partial charge in [0.2, 0.25) is 11.8 Å². The van der Waals surface area contributed by atoms with Gasteiger partial charge in [-0.15, -0.1) is 0 Å². The van der Waals surface area contributed by atoms with Crippen LogP contribution in [0, 0.1) is 11.3 Å². The number of carbonyl (C=O) groups is 2. The average Bonchev–Trinajstić information content (AvgIpc) is 2.49. The Hall–Kier alpha value is -1.10. The molecule has 0 aromatic heterocycles. The molecule has 1 atom stereocenters. The number of carbonyl (C=O) groups excluding carboxylic acids is 2. The lowest BCUT2D eigenvalue weighted by atomic mass is 9.75. The van der Waals surface area contributed by atoms with Crippen LogP contribution in [0.25, 0.3) is 0 Å². The highest BCUT2D eigenvalue weighted by atomic mass is 16.2. The second-order valence-corrected chi connectivity index (χ2v) is 6.74. The van der Waals surface area contributed by atoms with Gasteiger partial charge in [-0.05, 0) is 51.5 Å². The SMILES string of the molecule is CCCC1(C(=O)NC2CCC(C(N)=O)CC2)CCCNC1. The van der Waals surface area contributed by atoms with Crippen molar-refractivity contribution in [3.8, 4) is 0 Å². The standard InChI is InChI=1S/C16H29N3O2/c1-2-8-16(9-3-10-18-11-16)15(21)19-13-6-4-12(5-7-13)14(17)20/h12-13,18H,2-11H2,1H3,(H2,17,20)(H,19,21). The summed E-state index contributed by atoms with van der Waals surface area (Å²) >= 11 is 0. The van der Waals surface area contributed by atoms with E-state index >= 15 is 0 Å². The van der Waals surface area contributed by atoms with Crippen molar-refractivity contribution in [2.45, 2.75) is 64.3 Å². The third kappa shape index (κ3) is 3.96. The maximum absolute atomic E-state index is 12.8. The highest BCUT2D eigenvalue weighted by Gasteiger charge is 2.39. The van der Waals surface area contributed by atoms with Gasteiger partial charge >= 0.3 is 0 Å². The lowest BCUT2D eigenvalue weighted by Crippen LogP contribution is -2.53. The third-order valence-corrected chi connectivity index (χ3v) is 5.15. The molecule has 0 radical (unpaired) electrons. The summed E-state index contributed by atoms with van der Waals surface area (Å²) in [6.45, 7) is 3.95. The van der Waals surface area contributed by atoms with Crippen LogP contribution in [0.2, 0.25) is 0 Å². The van der Waals surface area contributed by atoms with Gasteiger partial charge < -0.3 is 16.4 Å². The van der Waals surface area contributed by atoms with E-state index in [4.69, 9.17) is 5.73 Å². The van der Waals surface area contributed by atoms with E-state index in [0.717, 1.165) is 64.5 Å². The van der Waals surface area contributed by atoms with Crippen molar-refractivity contribution in [1.29, 1.82) is 0 Å². The third-order valence-electron chi connectivity index (χ3n) is 5.15. The molecular weight excluding hydrogens is 266 g/mol. The molecule has 1 aliphatic carbocycles. The summed E-state index contributed by atoms with van der Waals surface area (Å²) in [7, 11) is 0. The fourth-order valence-electron chi connectivity index (χ4n) is 3.83. The van der Waals surface area contributed by atoms with E-state index in [0.29, 0.717) is 0 Å². The van der Waals surface area contributed by atoms with Gasteiger partial charge in [0.05, 0.1) is 5.41 Å². The maximum atomic E-state index is 12.8. The van der Waals surface area contributed by atoms with E-state index in [1.54, 1.807) is 0 Å². The van der Waals surface area contributed by atoms with Crippen molar-refractivity contribution in [2.24, 2.45) is 17.1 Å². The first-order valence-electron chi connectivity index (χ1n) is 8.38. The first kappa shape index (κ1) is 16.3. The molecule has 1 unspecified atom stereocenters.